The lowest BCUT2D eigenvalue weighted by Crippen LogP contribution is -2.17. The van der Waals surface area contributed by atoms with Crippen molar-refractivity contribution in [3.05, 3.63) is 35.4 Å². The smallest absolute Gasteiger partial charge is 0.337 e. The highest BCUT2D eigenvalue weighted by Crippen LogP contribution is 2.06. The zero-order valence-corrected chi connectivity index (χ0v) is 12.0. The predicted molar refractivity (Wildman–Crippen MR) is 73.2 cm³/mol. The van der Waals surface area contributed by atoms with Crippen LogP contribution in [0.25, 0.3) is 0 Å². The molecule has 1 rings (SSSR count). The maximum atomic E-state index is 11.8. The minimum atomic E-state index is -1.54. The third kappa shape index (κ3) is 4.19. The van der Waals surface area contributed by atoms with Crippen molar-refractivity contribution in [1.82, 2.24) is 0 Å². The van der Waals surface area contributed by atoms with Crippen LogP contribution in [0.3, 0.4) is 0 Å². The molecule has 0 amide bonds. The minimum Gasteiger partial charge on any atom is -0.465 e. The maximum Gasteiger partial charge on any atom is 0.337 e. The first-order chi connectivity index (χ1) is 8.33. The molecule has 3 nitrogen and oxygen atoms in total. The molecule has 0 saturated heterocycles. The third-order valence-corrected chi connectivity index (χ3v) is 2.99. The van der Waals surface area contributed by atoms with Crippen molar-refractivity contribution in [1.29, 1.82) is 0 Å². The van der Waals surface area contributed by atoms with Crippen LogP contribution in [0.15, 0.2) is 24.3 Å². The van der Waals surface area contributed by atoms with Gasteiger partial charge in [0, 0.05) is 5.56 Å². The average Bonchev–Trinajstić information content (AvgIpc) is 2.34. The van der Waals surface area contributed by atoms with Gasteiger partial charge in [-0.2, -0.15) is 0 Å². The van der Waals surface area contributed by atoms with Gasteiger partial charge in [-0.3, -0.25) is 4.79 Å². The molecule has 1 aromatic rings. The highest BCUT2D eigenvalue weighted by atomic mass is 28.3. The van der Waals surface area contributed by atoms with E-state index in [1.807, 2.05) is 0 Å². The van der Waals surface area contributed by atoms with E-state index in [1.54, 1.807) is 24.3 Å². The lowest BCUT2D eigenvalue weighted by atomic mass is 10.1. The molecule has 0 fully saturated rings. The van der Waals surface area contributed by atoms with Crippen molar-refractivity contribution in [2.75, 3.05) is 7.11 Å². The number of benzene rings is 1. The standard InChI is InChI=1S/C14H16O3Si/c1-17-14(16)12-7-5-11(6-8-12)13(15)9-10-18(2,3)4/h5-8H,1-4H3. The Kier molecular flexibility index (Phi) is 4.46. The Hall–Kier alpha value is -1.86. The Morgan fingerprint density at radius 3 is 2.00 bits per heavy atom. The molecule has 0 unspecified atom stereocenters. The molecule has 0 atom stereocenters. The fraction of sp³-hybridized carbons (Fsp3) is 0.286. The molecule has 0 aromatic heterocycles. The zero-order valence-electron chi connectivity index (χ0n) is 11.0. The van der Waals surface area contributed by atoms with Gasteiger partial charge in [0.25, 0.3) is 0 Å². The summed E-state index contributed by atoms with van der Waals surface area (Å²) >= 11 is 0. The molecule has 0 aliphatic rings. The fourth-order valence-electron chi connectivity index (χ4n) is 1.19. The second-order valence-corrected chi connectivity index (χ2v) is 9.65. The quantitative estimate of drug-likeness (QED) is 0.355. The molecule has 94 valence electrons. The van der Waals surface area contributed by atoms with Crippen LogP contribution < -0.4 is 0 Å². The normalized spacial score (nSPS) is 10.2. The first kappa shape index (κ1) is 14.2. The Morgan fingerprint density at radius 2 is 1.56 bits per heavy atom. The van der Waals surface area contributed by atoms with Gasteiger partial charge in [0.2, 0.25) is 5.78 Å². The number of ketones is 1. The molecule has 18 heavy (non-hydrogen) atoms. The molecule has 0 radical (unpaired) electrons. The highest BCUT2D eigenvalue weighted by molar-refractivity contribution is 6.84. The Labute approximate surface area is 108 Å². The number of hydrogen-bond donors (Lipinski definition) is 0. The van der Waals surface area contributed by atoms with Crippen molar-refractivity contribution in [3.63, 3.8) is 0 Å². The largest absolute Gasteiger partial charge is 0.465 e. The number of Topliss-reactive ketones (excluding diaryl/α,β-unsaturated/α-hetero) is 1. The SMILES string of the molecule is COC(=O)c1ccc(C(=O)C#C[Si](C)(C)C)cc1. The summed E-state index contributed by atoms with van der Waals surface area (Å²) in [4.78, 5) is 23.0. The van der Waals surface area contributed by atoms with E-state index in [0.29, 0.717) is 11.1 Å². The van der Waals surface area contributed by atoms with E-state index in [1.165, 1.54) is 7.11 Å². The molecular formula is C14H16O3Si. The predicted octanol–water partition coefficient (Wildman–Crippen LogP) is 2.54. The van der Waals surface area contributed by atoms with Gasteiger partial charge in [-0.25, -0.2) is 4.79 Å². The summed E-state index contributed by atoms with van der Waals surface area (Å²) in [5.74, 6) is 2.03. The van der Waals surface area contributed by atoms with E-state index in [0.717, 1.165) is 0 Å². The Morgan fingerprint density at radius 1 is 1.06 bits per heavy atom. The fourth-order valence-corrected chi connectivity index (χ4v) is 1.68. The Balaban J connectivity index is 2.88. The Bertz CT molecular complexity index is 513. The second kappa shape index (κ2) is 5.65. The van der Waals surface area contributed by atoms with Crippen LogP contribution in [0, 0.1) is 11.5 Å². The van der Waals surface area contributed by atoms with E-state index >= 15 is 0 Å². The highest BCUT2D eigenvalue weighted by Gasteiger charge is 2.10. The number of carbonyl (C=O) groups excluding carboxylic acids is 2. The zero-order chi connectivity index (χ0) is 13.8. The second-order valence-electron chi connectivity index (χ2n) is 4.90. The lowest BCUT2D eigenvalue weighted by molar-refractivity contribution is 0.0600. The topological polar surface area (TPSA) is 43.4 Å². The van der Waals surface area contributed by atoms with Crippen LogP contribution >= 0.6 is 0 Å². The molecule has 0 heterocycles. The van der Waals surface area contributed by atoms with E-state index < -0.39 is 14.0 Å². The lowest BCUT2D eigenvalue weighted by Gasteiger charge is -2.03. The molecule has 0 aliphatic heterocycles. The van der Waals surface area contributed by atoms with Gasteiger partial charge in [-0.1, -0.05) is 19.6 Å². The van der Waals surface area contributed by atoms with Crippen LogP contribution in [0.1, 0.15) is 20.7 Å². The van der Waals surface area contributed by atoms with Crippen LogP contribution in [0.4, 0.5) is 0 Å². The van der Waals surface area contributed by atoms with Crippen LogP contribution in [0.2, 0.25) is 19.6 Å². The number of hydrogen-bond acceptors (Lipinski definition) is 3. The summed E-state index contributed by atoms with van der Waals surface area (Å²) < 4.78 is 4.58. The summed E-state index contributed by atoms with van der Waals surface area (Å²) in [5, 5.41) is 0. The van der Waals surface area contributed by atoms with Gasteiger partial charge < -0.3 is 4.74 Å². The summed E-state index contributed by atoms with van der Waals surface area (Å²) in [6, 6.07) is 6.31. The number of rotatable bonds is 2. The van der Waals surface area contributed by atoms with Gasteiger partial charge in [-0.05, 0) is 30.2 Å². The average molecular weight is 260 g/mol. The molecule has 0 spiro atoms. The van der Waals surface area contributed by atoms with Crippen molar-refractivity contribution >= 4 is 19.8 Å². The number of esters is 1. The summed E-state index contributed by atoms with van der Waals surface area (Å²) in [6.45, 7) is 6.23. The number of ether oxygens (including phenoxy) is 1. The molecule has 0 aliphatic carbocycles. The monoisotopic (exact) mass is 260 g/mol. The summed E-state index contributed by atoms with van der Waals surface area (Å²) in [7, 11) is -0.223. The number of methoxy groups -OCH3 is 1. The first-order valence-corrected chi connectivity index (χ1v) is 9.09. The number of carbonyl (C=O) groups is 2. The van der Waals surface area contributed by atoms with E-state index in [9.17, 15) is 9.59 Å². The third-order valence-electron chi connectivity index (χ3n) is 2.12. The van der Waals surface area contributed by atoms with Gasteiger partial charge in [0.1, 0.15) is 8.07 Å². The summed E-state index contributed by atoms with van der Waals surface area (Å²) in [5.41, 5.74) is 3.93. The van der Waals surface area contributed by atoms with Gasteiger partial charge in [0.15, 0.2) is 0 Å². The van der Waals surface area contributed by atoms with Crippen molar-refractivity contribution < 1.29 is 14.3 Å². The van der Waals surface area contributed by atoms with E-state index in [2.05, 4.69) is 35.8 Å². The molecule has 0 N–H and O–H groups in total. The summed E-state index contributed by atoms with van der Waals surface area (Å²) in [6.07, 6.45) is 0. The maximum absolute atomic E-state index is 11.8. The molecule has 1 aromatic carbocycles. The first-order valence-electron chi connectivity index (χ1n) is 5.59. The van der Waals surface area contributed by atoms with Crippen LogP contribution in [-0.4, -0.2) is 26.9 Å². The van der Waals surface area contributed by atoms with Crippen molar-refractivity contribution in [2.24, 2.45) is 0 Å². The molecule has 4 heteroatoms. The van der Waals surface area contributed by atoms with Crippen LogP contribution in [-0.2, 0) is 4.74 Å². The van der Waals surface area contributed by atoms with Gasteiger partial charge >= 0.3 is 5.97 Å². The van der Waals surface area contributed by atoms with Crippen molar-refractivity contribution in [3.8, 4) is 11.5 Å². The molecule has 0 bridgehead atoms. The van der Waals surface area contributed by atoms with Crippen LogP contribution in [0.5, 0.6) is 0 Å². The minimum absolute atomic E-state index is 0.214. The van der Waals surface area contributed by atoms with E-state index in [-0.39, 0.29) is 5.78 Å². The molecule has 0 saturated carbocycles. The van der Waals surface area contributed by atoms with Gasteiger partial charge in [0.05, 0.1) is 12.7 Å². The molecular weight excluding hydrogens is 244 g/mol. The van der Waals surface area contributed by atoms with Gasteiger partial charge in [-0.15, -0.1) is 5.54 Å². The van der Waals surface area contributed by atoms with Crippen molar-refractivity contribution in [2.45, 2.75) is 19.6 Å². The van der Waals surface area contributed by atoms with E-state index in [4.69, 9.17) is 0 Å².